The highest BCUT2D eigenvalue weighted by atomic mass is 127. The fourth-order valence-corrected chi connectivity index (χ4v) is 3.23. The van der Waals surface area contributed by atoms with Crippen LogP contribution in [0.5, 0.6) is 0 Å². The van der Waals surface area contributed by atoms with Gasteiger partial charge in [-0.1, -0.05) is 13.8 Å². The summed E-state index contributed by atoms with van der Waals surface area (Å²) in [6, 6.07) is 4.30. The third-order valence-electron chi connectivity index (χ3n) is 4.62. The van der Waals surface area contributed by atoms with Crippen LogP contribution in [0.4, 0.5) is 0 Å². The summed E-state index contributed by atoms with van der Waals surface area (Å²) in [5, 5.41) is 6.85. The highest BCUT2D eigenvalue weighted by molar-refractivity contribution is 14.0. The van der Waals surface area contributed by atoms with Crippen LogP contribution in [0.25, 0.3) is 0 Å². The molecule has 2 N–H and O–H groups in total. The van der Waals surface area contributed by atoms with E-state index in [0.717, 1.165) is 57.5 Å². The van der Waals surface area contributed by atoms with Crippen molar-refractivity contribution in [2.24, 2.45) is 10.9 Å². The summed E-state index contributed by atoms with van der Waals surface area (Å²) in [4.78, 5) is 6.87. The first-order valence-electron chi connectivity index (χ1n) is 10.1. The molecule has 1 atom stereocenters. The lowest BCUT2D eigenvalue weighted by atomic mass is 10.0. The molecule has 0 aliphatic carbocycles. The van der Waals surface area contributed by atoms with Gasteiger partial charge in [-0.05, 0) is 30.9 Å². The summed E-state index contributed by atoms with van der Waals surface area (Å²) in [5.41, 5.74) is 0. The number of rotatable bonds is 11. The van der Waals surface area contributed by atoms with Crippen molar-refractivity contribution >= 4 is 29.9 Å². The maximum Gasteiger partial charge on any atom is 0.191 e. The molecule has 0 spiro atoms. The van der Waals surface area contributed by atoms with E-state index in [1.807, 2.05) is 19.2 Å². The third kappa shape index (κ3) is 10.1. The molecule has 162 valence electrons. The van der Waals surface area contributed by atoms with Crippen LogP contribution in [0.15, 0.2) is 27.8 Å². The Labute approximate surface area is 186 Å². The van der Waals surface area contributed by atoms with Gasteiger partial charge in [-0.3, -0.25) is 9.89 Å². The molecule has 1 aromatic heterocycles. The van der Waals surface area contributed by atoms with Gasteiger partial charge in [0.1, 0.15) is 12.4 Å². The summed E-state index contributed by atoms with van der Waals surface area (Å²) in [6.07, 6.45) is 3.75. The minimum Gasteiger partial charge on any atom is -0.467 e. The van der Waals surface area contributed by atoms with Crippen molar-refractivity contribution in [2.75, 3.05) is 53.0 Å². The molecule has 1 fully saturated rings. The van der Waals surface area contributed by atoms with Gasteiger partial charge in [0, 0.05) is 45.9 Å². The second-order valence-corrected chi connectivity index (χ2v) is 7.30. The van der Waals surface area contributed by atoms with Gasteiger partial charge >= 0.3 is 0 Å². The van der Waals surface area contributed by atoms with E-state index in [0.29, 0.717) is 25.2 Å². The van der Waals surface area contributed by atoms with E-state index in [2.05, 4.69) is 34.4 Å². The third-order valence-corrected chi connectivity index (χ3v) is 4.62. The Hall–Kier alpha value is -0.840. The number of hydrogen-bond acceptors (Lipinski definition) is 5. The summed E-state index contributed by atoms with van der Waals surface area (Å²) in [5.74, 6) is 2.38. The van der Waals surface area contributed by atoms with Crippen molar-refractivity contribution in [2.45, 2.75) is 39.3 Å². The molecule has 0 amide bonds. The Bertz CT molecular complexity index is 520. The van der Waals surface area contributed by atoms with Gasteiger partial charge in [-0.25, -0.2) is 0 Å². The Morgan fingerprint density at radius 1 is 1.29 bits per heavy atom. The molecule has 1 aromatic rings. The molecule has 1 aliphatic rings. The van der Waals surface area contributed by atoms with Crippen LogP contribution in [-0.4, -0.2) is 69.9 Å². The van der Waals surface area contributed by atoms with E-state index in [9.17, 15) is 0 Å². The lowest BCUT2D eigenvalue weighted by Crippen LogP contribution is -2.51. The molecule has 0 bridgehead atoms. The number of nitrogens with one attached hydrogen (secondary N) is 2. The normalized spacial score (nSPS) is 16.6. The fourth-order valence-electron chi connectivity index (χ4n) is 3.23. The van der Waals surface area contributed by atoms with Crippen molar-refractivity contribution in [1.29, 1.82) is 0 Å². The van der Waals surface area contributed by atoms with Crippen molar-refractivity contribution in [1.82, 2.24) is 15.5 Å². The number of furan rings is 1. The first-order valence-corrected chi connectivity index (χ1v) is 10.1. The standard InChI is InChI=1S/C20H36N4O3.HI/c1-17(2)14-18(24-8-12-25-13-9-24)15-23-20(21-3)22-7-5-10-26-16-19-6-4-11-27-19;/h4,6,11,17-18H,5,7-10,12-16H2,1-3H3,(H2,21,22,23);1H. The van der Waals surface area contributed by atoms with Gasteiger partial charge < -0.3 is 24.5 Å². The lowest BCUT2D eigenvalue weighted by molar-refractivity contribution is 0.0132. The SMILES string of the molecule is CN=C(NCCCOCc1ccco1)NCC(CC(C)C)N1CCOCC1.I. The number of morpholine rings is 1. The second-order valence-electron chi connectivity index (χ2n) is 7.30. The fraction of sp³-hybridized carbons (Fsp3) is 0.750. The molecule has 28 heavy (non-hydrogen) atoms. The Kier molecular flexibility index (Phi) is 13.6. The van der Waals surface area contributed by atoms with Crippen molar-refractivity contribution in [3.05, 3.63) is 24.2 Å². The van der Waals surface area contributed by atoms with Crippen LogP contribution in [-0.2, 0) is 16.1 Å². The van der Waals surface area contributed by atoms with Gasteiger partial charge in [0.2, 0.25) is 0 Å². The molecular weight excluding hydrogens is 471 g/mol. The molecule has 2 heterocycles. The van der Waals surface area contributed by atoms with E-state index in [1.165, 1.54) is 6.42 Å². The van der Waals surface area contributed by atoms with E-state index < -0.39 is 0 Å². The number of guanidine groups is 1. The van der Waals surface area contributed by atoms with Crippen LogP contribution in [0.2, 0.25) is 0 Å². The van der Waals surface area contributed by atoms with Crippen LogP contribution in [0, 0.1) is 5.92 Å². The number of halogens is 1. The van der Waals surface area contributed by atoms with Crippen LogP contribution in [0.1, 0.15) is 32.4 Å². The average molecular weight is 508 g/mol. The van der Waals surface area contributed by atoms with E-state index in [-0.39, 0.29) is 24.0 Å². The predicted molar refractivity (Wildman–Crippen MR) is 123 cm³/mol. The zero-order valence-corrected chi connectivity index (χ0v) is 19.8. The zero-order chi connectivity index (χ0) is 19.3. The lowest BCUT2D eigenvalue weighted by Gasteiger charge is -2.35. The minimum atomic E-state index is 0. The number of hydrogen-bond donors (Lipinski definition) is 2. The summed E-state index contributed by atoms with van der Waals surface area (Å²) < 4.78 is 16.3. The number of nitrogens with zero attached hydrogens (tertiary/aromatic N) is 2. The summed E-state index contributed by atoms with van der Waals surface area (Å²) in [7, 11) is 1.81. The van der Waals surface area contributed by atoms with Crippen LogP contribution < -0.4 is 10.6 Å². The van der Waals surface area contributed by atoms with Gasteiger partial charge in [0.05, 0.1) is 19.5 Å². The van der Waals surface area contributed by atoms with Crippen molar-refractivity contribution in [3.8, 4) is 0 Å². The average Bonchev–Trinajstić information content (AvgIpc) is 3.19. The smallest absolute Gasteiger partial charge is 0.191 e. The maximum absolute atomic E-state index is 5.60. The first kappa shape index (κ1) is 25.2. The highest BCUT2D eigenvalue weighted by Crippen LogP contribution is 2.13. The molecule has 2 rings (SSSR count). The molecule has 7 nitrogen and oxygen atoms in total. The largest absolute Gasteiger partial charge is 0.467 e. The van der Waals surface area contributed by atoms with Gasteiger partial charge in [0.15, 0.2) is 5.96 Å². The Balaban J connectivity index is 0.00000392. The predicted octanol–water partition coefficient (Wildman–Crippen LogP) is 2.72. The van der Waals surface area contributed by atoms with Crippen molar-refractivity contribution in [3.63, 3.8) is 0 Å². The van der Waals surface area contributed by atoms with Crippen LogP contribution in [0.3, 0.4) is 0 Å². The number of aliphatic imine (C=N–C) groups is 1. The van der Waals surface area contributed by atoms with E-state index in [4.69, 9.17) is 13.9 Å². The molecule has 0 saturated carbocycles. The van der Waals surface area contributed by atoms with Gasteiger partial charge in [-0.15, -0.1) is 24.0 Å². The molecule has 1 unspecified atom stereocenters. The Morgan fingerprint density at radius 3 is 2.71 bits per heavy atom. The van der Waals surface area contributed by atoms with Crippen LogP contribution >= 0.6 is 24.0 Å². The first-order chi connectivity index (χ1) is 13.2. The topological polar surface area (TPSA) is 71.3 Å². The molecule has 0 aromatic carbocycles. The monoisotopic (exact) mass is 508 g/mol. The van der Waals surface area contributed by atoms with E-state index in [1.54, 1.807) is 6.26 Å². The van der Waals surface area contributed by atoms with Crippen molar-refractivity contribution < 1.29 is 13.9 Å². The zero-order valence-electron chi connectivity index (χ0n) is 17.5. The molecule has 0 radical (unpaired) electrons. The minimum absolute atomic E-state index is 0. The van der Waals surface area contributed by atoms with E-state index >= 15 is 0 Å². The maximum atomic E-state index is 5.60. The summed E-state index contributed by atoms with van der Waals surface area (Å²) in [6.45, 7) is 11.2. The summed E-state index contributed by atoms with van der Waals surface area (Å²) >= 11 is 0. The molecular formula is C20H37IN4O3. The molecule has 8 heteroatoms. The quantitative estimate of drug-likeness (QED) is 0.207. The van der Waals surface area contributed by atoms with Gasteiger partial charge in [0.25, 0.3) is 0 Å². The number of ether oxygens (including phenoxy) is 2. The molecule has 1 saturated heterocycles. The highest BCUT2D eigenvalue weighted by Gasteiger charge is 2.22. The second kappa shape index (κ2) is 15.1. The van der Waals surface area contributed by atoms with Gasteiger partial charge in [-0.2, -0.15) is 0 Å². The Morgan fingerprint density at radius 2 is 2.07 bits per heavy atom. The molecule has 1 aliphatic heterocycles.